The van der Waals surface area contributed by atoms with E-state index in [4.69, 9.17) is 14.0 Å². The summed E-state index contributed by atoms with van der Waals surface area (Å²) in [4.78, 5) is 24.2. The van der Waals surface area contributed by atoms with Gasteiger partial charge in [0.05, 0.1) is 19.6 Å². The van der Waals surface area contributed by atoms with Crippen molar-refractivity contribution in [1.82, 2.24) is 5.16 Å². The molecule has 7 heteroatoms. The number of nitrogens with zero attached hydrogens (tertiary/aromatic N) is 1. The minimum atomic E-state index is -0.562. The zero-order valence-electron chi connectivity index (χ0n) is 20.3. The van der Waals surface area contributed by atoms with Gasteiger partial charge >= 0.3 is 12.1 Å². The van der Waals surface area contributed by atoms with Crippen molar-refractivity contribution in [1.29, 1.82) is 0 Å². The molecule has 0 aliphatic rings. The van der Waals surface area contributed by atoms with Crippen molar-refractivity contribution in [2.24, 2.45) is 0 Å². The molecule has 36 heavy (non-hydrogen) atoms. The Labute approximate surface area is 210 Å². The largest absolute Gasteiger partial charge is 0.466 e. The first kappa shape index (κ1) is 24.7. The van der Waals surface area contributed by atoms with E-state index in [-0.39, 0.29) is 19.0 Å². The summed E-state index contributed by atoms with van der Waals surface area (Å²) in [6, 6.07) is 25.3. The second-order valence-corrected chi connectivity index (χ2v) is 8.23. The highest BCUT2D eigenvalue weighted by Crippen LogP contribution is 2.32. The molecular formula is C29H28N2O5. The molecule has 0 saturated heterocycles. The lowest BCUT2D eigenvalue weighted by atomic mass is 10.00. The van der Waals surface area contributed by atoms with Crippen molar-refractivity contribution in [2.45, 2.75) is 26.7 Å². The number of carbonyl (C=O) groups is 2. The number of benzene rings is 3. The molecule has 3 aromatic carbocycles. The van der Waals surface area contributed by atoms with Crippen molar-refractivity contribution in [2.75, 3.05) is 18.5 Å². The van der Waals surface area contributed by atoms with Crippen LogP contribution in [0, 0.1) is 6.92 Å². The normalized spacial score (nSPS) is 10.6. The lowest BCUT2D eigenvalue weighted by Gasteiger charge is -2.09. The smallest absolute Gasteiger partial charge is 0.411 e. The fourth-order valence-electron chi connectivity index (χ4n) is 3.81. The van der Waals surface area contributed by atoms with Gasteiger partial charge in [-0.15, -0.1) is 0 Å². The number of carbonyl (C=O) groups excluding carboxylic acids is 2. The monoisotopic (exact) mass is 484 g/mol. The number of hydrogen-bond acceptors (Lipinski definition) is 6. The maximum Gasteiger partial charge on any atom is 0.411 e. The maximum atomic E-state index is 12.4. The van der Waals surface area contributed by atoms with Gasteiger partial charge in [-0.1, -0.05) is 84.0 Å². The van der Waals surface area contributed by atoms with Gasteiger partial charge in [0.15, 0.2) is 5.76 Å². The van der Waals surface area contributed by atoms with E-state index in [0.29, 0.717) is 30.2 Å². The summed E-state index contributed by atoms with van der Waals surface area (Å²) in [6.07, 6.45) is 0.299. The lowest BCUT2D eigenvalue weighted by Crippen LogP contribution is -2.16. The van der Waals surface area contributed by atoms with Crippen LogP contribution in [0.2, 0.25) is 0 Å². The van der Waals surface area contributed by atoms with Crippen molar-refractivity contribution in [3.05, 3.63) is 95.7 Å². The first-order valence-electron chi connectivity index (χ1n) is 11.8. The molecule has 1 aromatic heterocycles. The van der Waals surface area contributed by atoms with E-state index < -0.39 is 6.09 Å². The average Bonchev–Trinajstić information content (AvgIpc) is 3.25. The van der Waals surface area contributed by atoms with Gasteiger partial charge in [-0.2, -0.15) is 0 Å². The second kappa shape index (κ2) is 11.8. The molecule has 0 radical (unpaired) electrons. The molecule has 0 saturated carbocycles. The van der Waals surface area contributed by atoms with Crippen LogP contribution in [0.3, 0.4) is 0 Å². The topological polar surface area (TPSA) is 90.7 Å². The number of anilines is 1. The first-order valence-corrected chi connectivity index (χ1v) is 11.8. The minimum Gasteiger partial charge on any atom is -0.466 e. The number of amides is 1. The molecule has 0 unspecified atom stereocenters. The van der Waals surface area contributed by atoms with Crippen LogP contribution in [0.25, 0.3) is 22.5 Å². The highest BCUT2D eigenvalue weighted by molar-refractivity contribution is 5.91. The fourth-order valence-corrected chi connectivity index (χ4v) is 3.81. The lowest BCUT2D eigenvalue weighted by molar-refractivity contribution is -0.142. The summed E-state index contributed by atoms with van der Waals surface area (Å²) in [5.41, 5.74) is 5.75. The van der Waals surface area contributed by atoms with Gasteiger partial charge < -0.3 is 14.0 Å². The van der Waals surface area contributed by atoms with Gasteiger partial charge in [0, 0.05) is 12.0 Å². The van der Waals surface area contributed by atoms with Crippen LogP contribution < -0.4 is 5.32 Å². The Morgan fingerprint density at radius 1 is 0.861 bits per heavy atom. The zero-order valence-corrected chi connectivity index (χ0v) is 20.3. The summed E-state index contributed by atoms with van der Waals surface area (Å²) in [5.74, 6) is 0.208. The van der Waals surface area contributed by atoms with Crippen LogP contribution >= 0.6 is 0 Å². The summed E-state index contributed by atoms with van der Waals surface area (Å²) in [7, 11) is 0. The highest BCUT2D eigenvalue weighted by Gasteiger charge is 2.18. The van der Waals surface area contributed by atoms with Crippen LogP contribution in [-0.2, 0) is 27.1 Å². The van der Waals surface area contributed by atoms with E-state index in [0.717, 1.165) is 27.8 Å². The minimum absolute atomic E-state index is 0.230. The average molecular weight is 485 g/mol. The maximum absolute atomic E-state index is 12.4. The number of ether oxygens (including phenoxy) is 2. The predicted octanol–water partition coefficient (Wildman–Crippen LogP) is 6.21. The molecule has 1 amide bonds. The van der Waals surface area contributed by atoms with Crippen molar-refractivity contribution in [3.63, 3.8) is 0 Å². The molecule has 4 aromatic rings. The Hall–Kier alpha value is -4.39. The van der Waals surface area contributed by atoms with Crippen molar-refractivity contribution < 1.29 is 23.6 Å². The Bertz CT molecular complexity index is 1310. The third kappa shape index (κ3) is 6.39. The second-order valence-electron chi connectivity index (χ2n) is 8.23. The molecule has 4 rings (SSSR count). The van der Waals surface area contributed by atoms with Gasteiger partial charge in [-0.3, -0.25) is 10.1 Å². The number of esters is 1. The predicted molar refractivity (Wildman–Crippen MR) is 138 cm³/mol. The van der Waals surface area contributed by atoms with Crippen LogP contribution in [0.15, 0.2) is 83.4 Å². The molecular weight excluding hydrogens is 456 g/mol. The van der Waals surface area contributed by atoms with Gasteiger partial charge in [0.2, 0.25) is 0 Å². The van der Waals surface area contributed by atoms with Crippen LogP contribution in [0.4, 0.5) is 10.5 Å². The number of aromatic nitrogens is 1. The molecule has 0 aliphatic carbocycles. The zero-order chi connectivity index (χ0) is 25.3. The summed E-state index contributed by atoms with van der Waals surface area (Å²) in [5, 5.41) is 6.78. The van der Waals surface area contributed by atoms with E-state index in [1.54, 1.807) is 13.8 Å². The summed E-state index contributed by atoms with van der Waals surface area (Å²) >= 11 is 0. The number of nitrogens with one attached hydrogen (secondary N) is 1. The van der Waals surface area contributed by atoms with Crippen LogP contribution in [0.5, 0.6) is 0 Å². The highest BCUT2D eigenvalue weighted by atomic mass is 16.5. The molecule has 1 N–H and O–H groups in total. The Morgan fingerprint density at radius 3 is 2.33 bits per heavy atom. The molecule has 0 spiro atoms. The summed E-state index contributed by atoms with van der Waals surface area (Å²) < 4.78 is 15.9. The van der Waals surface area contributed by atoms with Crippen molar-refractivity contribution >= 4 is 17.7 Å². The SMILES string of the molecule is CCOC(=O)Cc1cccc(-c2ccc(-c3onc(C)c3NC(=O)OCCc3ccccc3)cc2)c1. The number of rotatable bonds is 9. The Kier molecular flexibility index (Phi) is 8.13. The van der Waals surface area contributed by atoms with E-state index >= 15 is 0 Å². The van der Waals surface area contributed by atoms with Gasteiger partial charge in [-0.25, -0.2) is 4.79 Å². The van der Waals surface area contributed by atoms with E-state index in [1.165, 1.54) is 0 Å². The van der Waals surface area contributed by atoms with Crippen LogP contribution in [-0.4, -0.2) is 30.4 Å². The Balaban J connectivity index is 1.42. The molecule has 0 fully saturated rings. The summed E-state index contributed by atoms with van der Waals surface area (Å²) in [6.45, 7) is 4.18. The quantitative estimate of drug-likeness (QED) is 0.284. The van der Waals surface area contributed by atoms with Gasteiger partial charge in [0.25, 0.3) is 0 Å². The van der Waals surface area contributed by atoms with Gasteiger partial charge in [-0.05, 0) is 36.1 Å². The first-order chi connectivity index (χ1) is 17.5. The van der Waals surface area contributed by atoms with E-state index in [1.807, 2.05) is 78.9 Å². The number of aryl methyl sites for hydroxylation is 1. The fraction of sp³-hybridized carbons (Fsp3) is 0.207. The van der Waals surface area contributed by atoms with Gasteiger partial charge in [0.1, 0.15) is 11.4 Å². The molecule has 0 aliphatic heterocycles. The molecule has 184 valence electrons. The standard InChI is InChI=1S/C29H28N2O5/c1-3-34-26(32)19-22-10-7-11-25(18-22)23-12-14-24(15-13-23)28-27(20(2)31-36-28)30-29(33)35-17-16-21-8-5-4-6-9-21/h4-15,18H,3,16-17,19H2,1-2H3,(H,30,33). The van der Waals surface area contributed by atoms with E-state index in [2.05, 4.69) is 10.5 Å². The Morgan fingerprint density at radius 2 is 1.58 bits per heavy atom. The van der Waals surface area contributed by atoms with Crippen molar-refractivity contribution in [3.8, 4) is 22.5 Å². The molecule has 7 nitrogen and oxygen atoms in total. The number of hydrogen-bond donors (Lipinski definition) is 1. The molecule has 0 bridgehead atoms. The van der Waals surface area contributed by atoms with Crippen LogP contribution in [0.1, 0.15) is 23.7 Å². The third-order valence-electron chi connectivity index (χ3n) is 5.62. The third-order valence-corrected chi connectivity index (χ3v) is 5.62. The van der Waals surface area contributed by atoms with E-state index in [9.17, 15) is 9.59 Å². The molecule has 0 atom stereocenters. The molecule has 1 heterocycles.